The fourth-order valence-electron chi connectivity index (χ4n) is 6.33. The van der Waals surface area contributed by atoms with Gasteiger partial charge in [-0.3, -0.25) is 0 Å². The van der Waals surface area contributed by atoms with Gasteiger partial charge in [-0.25, -0.2) is 17.6 Å². The topological polar surface area (TPSA) is 0 Å². The van der Waals surface area contributed by atoms with Crippen LogP contribution >= 0.6 is 0 Å². The normalized spacial score (nSPS) is 72.8. The maximum Gasteiger partial charge on any atom is 0.255 e. The van der Waals surface area contributed by atoms with Crippen LogP contribution in [0.5, 0.6) is 0 Å². The Kier molecular flexibility index (Phi) is 0.868. The number of rotatable bonds is 0. The highest BCUT2D eigenvalue weighted by molar-refractivity contribution is 5.34. The Morgan fingerprint density at radius 1 is 0.667 bits per heavy atom. The van der Waals surface area contributed by atoms with Gasteiger partial charge in [-0.2, -0.15) is 0 Å². The van der Waals surface area contributed by atoms with Gasteiger partial charge in [-0.15, -0.1) is 0 Å². The lowest BCUT2D eigenvalue weighted by molar-refractivity contribution is -0.250. The van der Waals surface area contributed by atoms with E-state index in [1.54, 1.807) is 0 Å². The largest absolute Gasteiger partial charge is 0.255 e. The van der Waals surface area contributed by atoms with Gasteiger partial charge in [-0.05, 0) is 30.1 Å². The summed E-state index contributed by atoms with van der Waals surface area (Å²) in [4.78, 5) is 0. The minimum absolute atomic E-state index is 0.0374. The smallest absolute Gasteiger partial charge is 0.206 e. The summed E-state index contributed by atoms with van der Waals surface area (Å²) in [5.41, 5.74) is 0. The molecule has 0 saturated heterocycles. The average molecular weight is 218 g/mol. The maximum atomic E-state index is 13.9. The SMILES string of the molecule is FC1(F)[C@@H]2[C@@H]3C[C@H]4[C@H]5[C@H]3[C@@H]1[C@H]5C(F)(F)[C@H]42. The molecule has 4 heteroatoms. The van der Waals surface area contributed by atoms with E-state index < -0.39 is 35.5 Å². The first kappa shape index (κ1) is 7.91. The van der Waals surface area contributed by atoms with E-state index in [0.29, 0.717) is 6.42 Å². The molecule has 5 rings (SSSR count). The molecule has 0 N–H and O–H groups in total. The summed E-state index contributed by atoms with van der Waals surface area (Å²) in [6.07, 6.45) is 0.669. The van der Waals surface area contributed by atoms with Gasteiger partial charge >= 0.3 is 0 Å². The molecule has 0 unspecified atom stereocenters. The molecule has 82 valence electrons. The van der Waals surface area contributed by atoms with E-state index in [1.807, 2.05) is 0 Å². The van der Waals surface area contributed by atoms with Crippen LogP contribution in [0, 0.1) is 47.3 Å². The van der Waals surface area contributed by atoms with Crippen LogP contribution in [-0.2, 0) is 0 Å². The number of hydrogen-bond acceptors (Lipinski definition) is 0. The second-order valence-corrected chi connectivity index (χ2v) is 6.17. The molecule has 5 fully saturated rings. The van der Waals surface area contributed by atoms with Gasteiger partial charge in [0.2, 0.25) is 0 Å². The molecule has 2 bridgehead atoms. The molecular weight excluding hydrogens is 208 g/mol. The molecule has 8 atom stereocenters. The number of alkyl halides is 4. The average Bonchev–Trinajstić information content (AvgIpc) is 2.52. The summed E-state index contributed by atoms with van der Waals surface area (Å²) in [5.74, 6) is -9.60. The van der Waals surface area contributed by atoms with Gasteiger partial charge in [0, 0.05) is 23.7 Å². The van der Waals surface area contributed by atoms with Crippen LogP contribution in [0.2, 0.25) is 0 Å². The third-order valence-corrected chi connectivity index (χ3v) is 6.28. The number of fused-ring (bicyclic) bond motifs is 2. The minimum Gasteiger partial charge on any atom is -0.206 e. The van der Waals surface area contributed by atoms with Gasteiger partial charge < -0.3 is 0 Å². The van der Waals surface area contributed by atoms with Crippen molar-refractivity contribution in [1.82, 2.24) is 0 Å². The molecule has 0 radical (unpaired) electrons. The first-order valence-electron chi connectivity index (χ1n) is 5.73. The number of halogens is 4. The summed E-state index contributed by atoms with van der Waals surface area (Å²) >= 11 is 0. The van der Waals surface area contributed by atoms with Gasteiger partial charge in [0.1, 0.15) is 0 Å². The zero-order valence-corrected chi connectivity index (χ0v) is 7.84. The molecular formula is C11H10F4. The van der Waals surface area contributed by atoms with Crippen molar-refractivity contribution in [3.05, 3.63) is 0 Å². The summed E-state index contributed by atoms with van der Waals surface area (Å²) < 4.78 is 55.6. The lowest BCUT2D eigenvalue weighted by atomic mass is 9.58. The molecule has 5 saturated carbocycles. The summed E-state index contributed by atoms with van der Waals surface area (Å²) in [7, 11) is 0. The molecule has 0 nitrogen and oxygen atoms in total. The van der Waals surface area contributed by atoms with Crippen LogP contribution in [0.4, 0.5) is 17.6 Å². The molecule has 0 spiro atoms. The van der Waals surface area contributed by atoms with Crippen molar-refractivity contribution < 1.29 is 17.6 Å². The predicted octanol–water partition coefficient (Wildman–Crippen LogP) is 2.64. The fourth-order valence-corrected chi connectivity index (χ4v) is 6.33. The summed E-state index contributed by atoms with van der Waals surface area (Å²) in [6, 6.07) is 0. The second-order valence-electron chi connectivity index (χ2n) is 6.17. The van der Waals surface area contributed by atoms with Crippen molar-refractivity contribution in [1.29, 1.82) is 0 Å². The van der Waals surface area contributed by atoms with Gasteiger partial charge in [0.15, 0.2) is 0 Å². The van der Waals surface area contributed by atoms with E-state index in [4.69, 9.17) is 0 Å². The molecule has 0 aromatic heterocycles. The molecule has 5 aliphatic rings. The zero-order valence-electron chi connectivity index (χ0n) is 7.84. The lowest BCUT2D eigenvalue weighted by Gasteiger charge is -2.49. The van der Waals surface area contributed by atoms with Gasteiger partial charge in [-0.1, -0.05) is 0 Å². The first-order valence-corrected chi connectivity index (χ1v) is 5.73. The lowest BCUT2D eigenvalue weighted by Crippen LogP contribution is -2.57. The Labute approximate surface area is 84.0 Å². The standard InChI is InChI=1S/C11H10F4/c12-10(13)6-2-1-3-5-4(2)8(10)9(5)11(14,15)7(3)6/h2-9H,1H2/t2-,3+,4-,5-,6+,7+,8-,9+/m0/s1. The number of hydrogen-bond donors (Lipinski definition) is 0. The van der Waals surface area contributed by atoms with Gasteiger partial charge in [0.25, 0.3) is 11.8 Å². The third-order valence-electron chi connectivity index (χ3n) is 6.28. The highest BCUT2D eigenvalue weighted by atomic mass is 19.3. The maximum absolute atomic E-state index is 13.9. The Balaban J connectivity index is 1.83. The van der Waals surface area contributed by atoms with E-state index in [0.717, 1.165) is 0 Å². The summed E-state index contributed by atoms with van der Waals surface area (Å²) in [6.45, 7) is 0. The van der Waals surface area contributed by atoms with Crippen molar-refractivity contribution >= 4 is 0 Å². The van der Waals surface area contributed by atoms with Crippen molar-refractivity contribution in [2.75, 3.05) is 0 Å². The Morgan fingerprint density at radius 3 is 1.47 bits per heavy atom. The van der Waals surface area contributed by atoms with Crippen LogP contribution in [-0.4, -0.2) is 11.8 Å². The highest BCUT2D eigenvalue weighted by Crippen LogP contribution is 2.89. The zero-order chi connectivity index (χ0) is 10.3. The van der Waals surface area contributed by atoms with Crippen molar-refractivity contribution in [2.24, 2.45) is 47.3 Å². The van der Waals surface area contributed by atoms with Crippen molar-refractivity contribution in [3.8, 4) is 0 Å². The van der Waals surface area contributed by atoms with Crippen molar-refractivity contribution in [2.45, 2.75) is 18.3 Å². The summed E-state index contributed by atoms with van der Waals surface area (Å²) in [5, 5.41) is 0. The van der Waals surface area contributed by atoms with Crippen LogP contribution in [0.1, 0.15) is 6.42 Å². The van der Waals surface area contributed by atoms with Crippen molar-refractivity contribution in [3.63, 3.8) is 0 Å². The highest BCUT2D eigenvalue weighted by Gasteiger charge is 2.93. The first-order chi connectivity index (χ1) is 6.97. The minimum atomic E-state index is -2.77. The van der Waals surface area contributed by atoms with E-state index in [2.05, 4.69) is 0 Å². The molecule has 0 aromatic carbocycles. The van der Waals surface area contributed by atoms with Gasteiger partial charge in [0.05, 0.1) is 0 Å². The van der Waals surface area contributed by atoms with E-state index in [1.165, 1.54) is 0 Å². The van der Waals surface area contributed by atoms with Crippen LogP contribution < -0.4 is 0 Å². The van der Waals surface area contributed by atoms with Crippen LogP contribution in [0.25, 0.3) is 0 Å². The Morgan fingerprint density at radius 2 is 1.07 bits per heavy atom. The molecule has 0 aliphatic heterocycles. The Hall–Kier alpha value is -0.280. The van der Waals surface area contributed by atoms with E-state index in [-0.39, 0.29) is 23.7 Å². The Bertz CT molecular complexity index is 350. The monoisotopic (exact) mass is 218 g/mol. The molecule has 15 heavy (non-hydrogen) atoms. The predicted molar refractivity (Wildman–Crippen MR) is 42.4 cm³/mol. The third kappa shape index (κ3) is 0.464. The van der Waals surface area contributed by atoms with Crippen LogP contribution in [0.15, 0.2) is 0 Å². The molecule has 0 heterocycles. The molecule has 0 amide bonds. The fraction of sp³-hybridized carbons (Fsp3) is 1.00. The molecule has 5 aliphatic carbocycles. The molecule has 0 aromatic rings. The quantitative estimate of drug-likeness (QED) is 0.548. The van der Waals surface area contributed by atoms with E-state index in [9.17, 15) is 17.6 Å². The van der Waals surface area contributed by atoms with Crippen LogP contribution in [0.3, 0.4) is 0 Å². The second kappa shape index (κ2) is 1.65. The van der Waals surface area contributed by atoms with E-state index >= 15 is 0 Å².